The van der Waals surface area contributed by atoms with Crippen molar-refractivity contribution in [2.45, 2.75) is 33.1 Å². The predicted molar refractivity (Wildman–Crippen MR) is 114 cm³/mol. The minimum absolute atomic E-state index is 0.164. The van der Waals surface area contributed by atoms with Crippen molar-refractivity contribution in [3.8, 4) is 0 Å². The van der Waals surface area contributed by atoms with E-state index in [1.54, 1.807) is 17.0 Å². The summed E-state index contributed by atoms with van der Waals surface area (Å²) in [4.78, 5) is 28.9. The number of para-hydroxylation sites is 1. The molecular weight excluding hydrogens is 369 g/mol. The van der Waals surface area contributed by atoms with Gasteiger partial charge in [-0.15, -0.1) is 0 Å². The molecule has 0 radical (unpaired) electrons. The molecule has 1 fully saturated rings. The quantitative estimate of drug-likeness (QED) is 0.778. The van der Waals surface area contributed by atoms with Crippen LogP contribution in [-0.4, -0.2) is 42.9 Å². The lowest BCUT2D eigenvalue weighted by Crippen LogP contribution is -2.49. The zero-order valence-corrected chi connectivity index (χ0v) is 17.2. The minimum Gasteiger partial charge on any atom is -0.368 e. The first-order chi connectivity index (χ1) is 13.8. The number of piperazine rings is 1. The standard InChI is InChI=1S/C23H28FN3O2/c1-16(2)20-6-4-5-17(3)23(20)25-21(28)15-22(29)27-13-11-26(12-14-27)19-9-7-18(24)8-10-19/h4-10,16H,11-15H2,1-3H3,(H,25,28). The number of aryl methyl sites for hydroxylation is 1. The molecule has 0 saturated carbocycles. The Bertz CT molecular complexity index is 872. The molecule has 2 amide bonds. The summed E-state index contributed by atoms with van der Waals surface area (Å²) in [6.07, 6.45) is -0.164. The van der Waals surface area contributed by atoms with Crippen molar-refractivity contribution in [2.75, 3.05) is 36.4 Å². The molecule has 0 aromatic heterocycles. The van der Waals surface area contributed by atoms with Crippen LogP contribution in [0.25, 0.3) is 0 Å². The number of halogens is 1. The number of carbonyl (C=O) groups excluding carboxylic acids is 2. The summed E-state index contributed by atoms with van der Waals surface area (Å²) in [6, 6.07) is 12.3. The molecule has 29 heavy (non-hydrogen) atoms. The van der Waals surface area contributed by atoms with Gasteiger partial charge in [0.1, 0.15) is 12.2 Å². The number of anilines is 2. The molecule has 5 nitrogen and oxygen atoms in total. The summed E-state index contributed by atoms with van der Waals surface area (Å²) in [7, 11) is 0. The second-order valence-corrected chi connectivity index (χ2v) is 7.76. The van der Waals surface area contributed by atoms with Crippen LogP contribution in [-0.2, 0) is 9.59 Å². The highest BCUT2D eigenvalue weighted by Crippen LogP contribution is 2.27. The average molecular weight is 397 g/mol. The van der Waals surface area contributed by atoms with Crippen molar-refractivity contribution < 1.29 is 14.0 Å². The van der Waals surface area contributed by atoms with E-state index in [0.717, 1.165) is 22.5 Å². The van der Waals surface area contributed by atoms with Gasteiger partial charge in [0.15, 0.2) is 0 Å². The third kappa shape index (κ3) is 5.13. The first-order valence-electron chi connectivity index (χ1n) is 10.0. The number of rotatable bonds is 5. The van der Waals surface area contributed by atoms with Gasteiger partial charge in [0.2, 0.25) is 11.8 Å². The van der Waals surface area contributed by atoms with Gasteiger partial charge in [-0.1, -0.05) is 32.0 Å². The van der Waals surface area contributed by atoms with E-state index in [4.69, 9.17) is 0 Å². The van der Waals surface area contributed by atoms with E-state index in [2.05, 4.69) is 24.1 Å². The Morgan fingerprint density at radius 1 is 1.03 bits per heavy atom. The van der Waals surface area contributed by atoms with Crippen LogP contribution in [0.3, 0.4) is 0 Å². The highest BCUT2D eigenvalue weighted by molar-refractivity contribution is 6.04. The van der Waals surface area contributed by atoms with E-state index in [1.165, 1.54) is 12.1 Å². The second-order valence-electron chi connectivity index (χ2n) is 7.76. The molecule has 1 heterocycles. The maximum Gasteiger partial charge on any atom is 0.233 e. The van der Waals surface area contributed by atoms with Gasteiger partial charge >= 0.3 is 0 Å². The largest absolute Gasteiger partial charge is 0.368 e. The van der Waals surface area contributed by atoms with Gasteiger partial charge in [-0.2, -0.15) is 0 Å². The van der Waals surface area contributed by atoms with Crippen LogP contribution >= 0.6 is 0 Å². The Balaban J connectivity index is 1.55. The van der Waals surface area contributed by atoms with Crippen LogP contribution in [0.2, 0.25) is 0 Å². The lowest BCUT2D eigenvalue weighted by molar-refractivity contribution is -0.134. The van der Waals surface area contributed by atoms with Crippen LogP contribution in [0.4, 0.5) is 15.8 Å². The molecule has 1 saturated heterocycles. The second kappa shape index (κ2) is 9.07. The fraction of sp³-hybridized carbons (Fsp3) is 0.391. The number of carbonyl (C=O) groups is 2. The number of hydrogen-bond donors (Lipinski definition) is 1. The van der Waals surface area contributed by atoms with Crippen molar-refractivity contribution >= 4 is 23.2 Å². The van der Waals surface area contributed by atoms with Gasteiger partial charge in [-0.3, -0.25) is 9.59 Å². The first kappa shape index (κ1) is 20.8. The van der Waals surface area contributed by atoms with E-state index in [-0.39, 0.29) is 30.0 Å². The SMILES string of the molecule is Cc1cccc(C(C)C)c1NC(=O)CC(=O)N1CCN(c2ccc(F)cc2)CC1. The molecule has 154 valence electrons. The van der Waals surface area contributed by atoms with Crippen LogP contribution in [0, 0.1) is 12.7 Å². The fourth-order valence-corrected chi connectivity index (χ4v) is 3.64. The van der Waals surface area contributed by atoms with E-state index >= 15 is 0 Å². The first-order valence-corrected chi connectivity index (χ1v) is 10.0. The third-order valence-electron chi connectivity index (χ3n) is 5.33. The molecule has 0 atom stereocenters. The maximum absolute atomic E-state index is 13.1. The van der Waals surface area contributed by atoms with Gasteiger partial charge in [0.25, 0.3) is 0 Å². The average Bonchev–Trinajstić information content (AvgIpc) is 2.70. The Hall–Kier alpha value is -2.89. The van der Waals surface area contributed by atoms with E-state index in [1.807, 2.05) is 25.1 Å². The van der Waals surface area contributed by atoms with Crippen molar-refractivity contribution in [2.24, 2.45) is 0 Å². The highest BCUT2D eigenvalue weighted by atomic mass is 19.1. The van der Waals surface area contributed by atoms with E-state index in [0.29, 0.717) is 26.2 Å². The zero-order valence-electron chi connectivity index (χ0n) is 17.2. The van der Waals surface area contributed by atoms with Gasteiger partial charge in [-0.25, -0.2) is 4.39 Å². The van der Waals surface area contributed by atoms with E-state index < -0.39 is 0 Å². The molecule has 2 aromatic carbocycles. The maximum atomic E-state index is 13.1. The zero-order chi connectivity index (χ0) is 21.0. The molecule has 1 aliphatic rings. The summed E-state index contributed by atoms with van der Waals surface area (Å²) in [5, 5.41) is 2.94. The van der Waals surface area contributed by atoms with Gasteiger partial charge in [0.05, 0.1) is 0 Å². The molecule has 2 aromatic rings. The van der Waals surface area contributed by atoms with Gasteiger partial charge in [-0.05, 0) is 48.2 Å². The van der Waals surface area contributed by atoms with Crippen LogP contribution < -0.4 is 10.2 Å². The number of benzene rings is 2. The normalized spacial score (nSPS) is 14.2. The highest BCUT2D eigenvalue weighted by Gasteiger charge is 2.23. The summed E-state index contributed by atoms with van der Waals surface area (Å²) in [5.74, 6) is -0.434. The monoisotopic (exact) mass is 397 g/mol. The molecule has 0 bridgehead atoms. The molecule has 1 aliphatic heterocycles. The van der Waals surface area contributed by atoms with Crippen molar-refractivity contribution in [1.82, 2.24) is 4.90 Å². The van der Waals surface area contributed by atoms with Crippen LogP contribution in [0.15, 0.2) is 42.5 Å². The third-order valence-corrected chi connectivity index (χ3v) is 5.33. The fourth-order valence-electron chi connectivity index (χ4n) is 3.64. The van der Waals surface area contributed by atoms with Gasteiger partial charge < -0.3 is 15.1 Å². The summed E-state index contributed by atoms with van der Waals surface area (Å²) in [6.45, 7) is 8.53. The van der Waals surface area contributed by atoms with Crippen molar-refractivity contribution in [3.63, 3.8) is 0 Å². The Labute approximate surface area is 171 Å². The van der Waals surface area contributed by atoms with Gasteiger partial charge in [0, 0.05) is 37.6 Å². The Morgan fingerprint density at radius 3 is 2.31 bits per heavy atom. The summed E-state index contributed by atoms with van der Waals surface area (Å²) < 4.78 is 13.1. The Kier molecular flexibility index (Phi) is 6.52. The van der Waals surface area contributed by atoms with Crippen LogP contribution in [0.5, 0.6) is 0 Å². The molecule has 0 spiro atoms. The lowest BCUT2D eigenvalue weighted by Gasteiger charge is -2.36. The van der Waals surface area contributed by atoms with Crippen molar-refractivity contribution in [3.05, 3.63) is 59.4 Å². The minimum atomic E-state index is -0.285. The Morgan fingerprint density at radius 2 is 1.69 bits per heavy atom. The van der Waals surface area contributed by atoms with E-state index in [9.17, 15) is 14.0 Å². The molecule has 0 aliphatic carbocycles. The van der Waals surface area contributed by atoms with Crippen LogP contribution in [0.1, 0.15) is 37.3 Å². The summed E-state index contributed by atoms with van der Waals surface area (Å²) in [5.41, 5.74) is 3.81. The molecule has 0 unspecified atom stereocenters. The number of nitrogens with zero attached hydrogens (tertiary/aromatic N) is 2. The molecule has 3 rings (SSSR count). The predicted octanol–water partition coefficient (Wildman–Crippen LogP) is 3.93. The van der Waals surface area contributed by atoms with Crippen molar-refractivity contribution in [1.29, 1.82) is 0 Å². The number of nitrogens with one attached hydrogen (secondary N) is 1. The number of amides is 2. The topological polar surface area (TPSA) is 52.7 Å². The number of hydrogen-bond acceptors (Lipinski definition) is 3. The smallest absolute Gasteiger partial charge is 0.233 e. The molecule has 1 N–H and O–H groups in total. The summed E-state index contributed by atoms with van der Waals surface area (Å²) >= 11 is 0. The molecular formula is C23H28FN3O2. The molecule has 6 heteroatoms. The lowest BCUT2D eigenvalue weighted by atomic mass is 9.98.